The zero-order chi connectivity index (χ0) is 19.8. The number of piperidine rings is 1. The first-order valence-corrected chi connectivity index (χ1v) is 10.4. The zero-order valence-corrected chi connectivity index (χ0v) is 16.9. The van der Waals surface area contributed by atoms with Crippen LogP contribution < -0.4 is 5.32 Å². The number of carbonyl (C=O) groups is 1. The van der Waals surface area contributed by atoms with Crippen LogP contribution in [0.4, 0.5) is 0 Å². The summed E-state index contributed by atoms with van der Waals surface area (Å²) in [5, 5.41) is 11.2. The normalized spacial score (nSPS) is 19.8. The van der Waals surface area contributed by atoms with E-state index in [1.54, 1.807) is 11.7 Å². The van der Waals surface area contributed by atoms with Gasteiger partial charge in [0.1, 0.15) is 4.90 Å². The maximum Gasteiger partial charge on any atom is 0.246 e. The molecule has 0 spiro atoms. The molecule has 2 aromatic heterocycles. The Hall–Kier alpha value is -2.20. The summed E-state index contributed by atoms with van der Waals surface area (Å²) < 4.78 is 30.1. The number of aryl methyl sites for hydroxylation is 3. The third-order valence-electron chi connectivity index (χ3n) is 4.95. The molecular weight excluding hydrogens is 368 g/mol. The van der Waals surface area contributed by atoms with Crippen molar-refractivity contribution in [1.82, 2.24) is 29.2 Å². The highest BCUT2D eigenvalue weighted by atomic mass is 32.2. The molecule has 148 valence electrons. The molecule has 9 nitrogen and oxygen atoms in total. The third-order valence-corrected chi connectivity index (χ3v) is 6.77. The standard InChI is InChI=1S/C17H26N6O3S/c1-12(16-11-22(4)20-13(16)2)19-17(24)14-6-5-7-23(9-14)27(25,26)15-8-18-21(3)10-15/h8,10-12,14H,5-7,9H2,1-4H3,(H,19,24)/t12-,14-/m0/s1. The van der Waals surface area contributed by atoms with Gasteiger partial charge in [-0.15, -0.1) is 0 Å². The molecule has 0 bridgehead atoms. The monoisotopic (exact) mass is 394 g/mol. The topological polar surface area (TPSA) is 102 Å². The van der Waals surface area contributed by atoms with E-state index in [0.29, 0.717) is 19.4 Å². The van der Waals surface area contributed by atoms with E-state index < -0.39 is 10.0 Å². The Kier molecular flexibility index (Phi) is 5.38. The van der Waals surface area contributed by atoms with Gasteiger partial charge in [-0.25, -0.2) is 8.42 Å². The van der Waals surface area contributed by atoms with Gasteiger partial charge >= 0.3 is 0 Å². The zero-order valence-electron chi connectivity index (χ0n) is 16.1. The van der Waals surface area contributed by atoms with E-state index in [0.717, 1.165) is 11.3 Å². The minimum Gasteiger partial charge on any atom is -0.349 e. The Morgan fingerprint density at radius 3 is 2.63 bits per heavy atom. The molecule has 10 heteroatoms. The highest BCUT2D eigenvalue weighted by Gasteiger charge is 2.34. The van der Waals surface area contributed by atoms with Crippen molar-refractivity contribution >= 4 is 15.9 Å². The van der Waals surface area contributed by atoms with E-state index in [1.807, 2.05) is 27.1 Å². The van der Waals surface area contributed by atoms with Crippen molar-refractivity contribution in [3.63, 3.8) is 0 Å². The minimum atomic E-state index is -3.63. The van der Waals surface area contributed by atoms with Crippen LogP contribution in [0.5, 0.6) is 0 Å². The first-order valence-electron chi connectivity index (χ1n) is 8.98. The van der Waals surface area contributed by atoms with Gasteiger partial charge in [-0.1, -0.05) is 0 Å². The van der Waals surface area contributed by atoms with Gasteiger partial charge in [0.2, 0.25) is 15.9 Å². The molecule has 0 unspecified atom stereocenters. The van der Waals surface area contributed by atoms with Gasteiger partial charge < -0.3 is 5.32 Å². The summed E-state index contributed by atoms with van der Waals surface area (Å²) in [6.45, 7) is 4.41. The fourth-order valence-corrected chi connectivity index (χ4v) is 5.02. The van der Waals surface area contributed by atoms with Crippen LogP contribution in [0.15, 0.2) is 23.5 Å². The van der Waals surface area contributed by atoms with E-state index in [4.69, 9.17) is 0 Å². The van der Waals surface area contributed by atoms with E-state index in [-0.39, 0.29) is 29.3 Å². The van der Waals surface area contributed by atoms with Gasteiger partial charge in [0.25, 0.3) is 0 Å². The number of amides is 1. The molecule has 1 N–H and O–H groups in total. The molecule has 3 rings (SSSR count). The molecule has 27 heavy (non-hydrogen) atoms. The summed E-state index contributed by atoms with van der Waals surface area (Å²) >= 11 is 0. The summed E-state index contributed by atoms with van der Waals surface area (Å²) in [5.74, 6) is -0.499. The van der Waals surface area contributed by atoms with E-state index in [9.17, 15) is 13.2 Å². The molecule has 1 aliphatic rings. The smallest absolute Gasteiger partial charge is 0.246 e. The van der Waals surface area contributed by atoms with Gasteiger partial charge in [-0.3, -0.25) is 14.2 Å². The fraction of sp³-hybridized carbons (Fsp3) is 0.588. The first-order chi connectivity index (χ1) is 12.7. The summed E-state index contributed by atoms with van der Waals surface area (Å²) in [7, 11) is -0.120. The molecule has 0 saturated carbocycles. The molecule has 1 amide bonds. The molecule has 2 aromatic rings. The molecule has 0 aromatic carbocycles. The average molecular weight is 395 g/mol. The Labute approximate surface area is 159 Å². The number of aromatic nitrogens is 4. The largest absolute Gasteiger partial charge is 0.349 e. The molecular formula is C17H26N6O3S. The predicted molar refractivity (Wildman–Crippen MR) is 99.2 cm³/mol. The second-order valence-corrected chi connectivity index (χ2v) is 9.06. The van der Waals surface area contributed by atoms with Crippen molar-refractivity contribution in [2.24, 2.45) is 20.0 Å². The Balaban J connectivity index is 1.68. The van der Waals surface area contributed by atoms with Gasteiger partial charge in [-0.2, -0.15) is 14.5 Å². The Bertz CT molecular complexity index is 932. The van der Waals surface area contributed by atoms with Crippen LogP contribution in [0.25, 0.3) is 0 Å². The first kappa shape index (κ1) is 19.6. The Morgan fingerprint density at radius 1 is 1.30 bits per heavy atom. The van der Waals surface area contributed by atoms with Crippen LogP contribution in [-0.2, 0) is 28.9 Å². The minimum absolute atomic E-state index is 0.128. The fourth-order valence-electron chi connectivity index (χ4n) is 3.51. The lowest BCUT2D eigenvalue weighted by molar-refractivity contribution is -0.126. The van der Waals surface area contributed by atoms with E-state index in [2.05, 4.69) is 15.5 Å². The summed E-state index contributed by atoms with van der Waals surface area (Å²) in [5.41, 5.74) is 1.83. The molecule has 1 saturated heterocycles. The predicted octanol–water partition coefficient (Wildman–Crippen LogP) is 0.740. The second kappa shape index (κ2) is 7.43. The number of nitrogens with one attached hydrogen (secondary N) is 1. The lowest BCUT2D eigenvalue weighted by atomic mass is 9.98. The Morgan fingerprint density at radius 2 is 2.04 bits per heavy atom. The molecule has 1 aliphatic heterocycles. The summed E-state index contributed by atoms with van der Waals surface area (Å²) in [4.78, 5) is 12.9. The van der Waals surface area contributed by atoms with Crippen molar-refractivity contribution in [1.29, 1.82) is 0 Å². The van der Waals surface area contributed by atoms with Crippen molar-refractivity contribution in [2.75, 3.05) is 13.1 Å². The number of rotatable bonds is 5. The van der Waals surface area contributed by atoms with Crippen molar-refractivity contribution < 1.29 is 13.2 Å². The molecule has 0 radical (unpaired) electrons. The lowest BCUT2D eigenvalue weighted by Gasteiger charge is -2.31. The maximum atomic E-state index is 12.8. The molecule has 3 heterocycles. The van der Waals surface area contributed by atoms with Crippen LogP contribution in [-0.4, -0.2) is 51.3 Å². The van der Waals surface area contributed by atoms with Gasteiger partial charge in [0.05, 0.1) is 23.9 Å². The quantitative estimate of drug-likeness (QED) is 0.806. The molecule has 1 fully saturated rings. The molecule has 2 atom stereocenters. The summed E-state index contributed by atoms with van der Waals surface area (Å²) in [6, 6.07) is -0.184. The van der Waals surface area contributed by atoms with Crippen LogP contribution in [0.1, 0.15) is 37.1 Å². The average Bonchev–Trinajstić information content (AvgIpc) is 3.20. The number of hydrogen-bond donors (Lipinski definition) is 1. The van der Waals surface area contributed by atoms with Gasteiger partial charge in [0.15, 0.2) is 0 Å². The highest BCUT2D eigenvalue weighted by molar-refractivity contribution is 7.89. The van der Waals surface area contributed by atoms with Crippen LogP contribution >= 0.6 is 0 Å². The van der Waals surface area contributed by atoms with Crippen LogP contribution in [0, 0.1) is 12.8 Å². The van der Waals surface area contributed by atoms with Crippen molar-refractivity contribution in [2.45, 2.75) is 37.6 Å². The highest BCUT2D eigenvalue weighted by Crippen LogP contribution is 2.24. The second-order valence-electron chi connectivity index (χ2n) is 7.13. The number of carbonyl (C=O) groups excluding carboxylic acids is 1. The van der Waals surface area contributed by atoms with E-state index in [1.165, 1.54) is 21.4 Å². The van der Waals surface area contributed by atoms with Gasteiger partial charge in [-0.05, 0) is 26.7 Å². The van der Waals surface area contributed by atoms with Crippen molar-refractivity contribution in [3.8, 4) is 0 Å². The molecule has 0 aliphatic carbocycles. The maximum absolute atomic E-state index is 12.8. The van der Waals surface area contributed by atoms with Crippen molar-refractivity contribution in [3.05, 3.63) is 29.8 Å². The number of nitrogens with zero attached hydrogens (tertiary/aromatic N) is 5. The number of sulfonamides is 1. The SMILES string of the molecule is Cc1nn(C)cc1[C@H](C)NC(=O)[C@H]1CCCN(S(=O)(=O)c2cnn(C)c2)C1. The number of hydrogen-bond acceptors (Lipinski definition) is 5. The lowest BCUT2D eigenvalue weighted by Crippen LogP contribution is -2.45. The van der Waals surface area contributed by atoms with Gasteiger partial charge in [0, 0.05) is 45.1 Å². The van der Waals surface area contributed by atoms with Crippen LogP contribution in [0.3, 0.4) is 0 Å². The van der Waals surface area contributed by atoms with E-state index >= 15 is 0 Å². The van der Waals surface area contributed by atoms with Crippen LogP contribution in [0.2, 0.25) is 0 Å². The summed E-state index contributed by atoms with van der Waals surface area (Å²) in [6.07, 6.45) is 6.03. The third kappa shape index (κ3) is 4.06.